The molecule has 3 aromatic rings. The van der Waals surface area contributed by atoms with Crippen LogP contribution in [0, 0.1) is 19.3 Å². The molecule has 2 aromatic heterocycles. The van der Waals surface area contributed by atoms with Gasteiger partial charge in [0.1, 0.15) is 5.60 Å². The maximum Gasteiger partial charge on any atom is 0.410 e. The summed E-state index contributed by atoms with van der Waals surface area (Å²) in [5.41, 5.74) is 5.03. The highest BCUT2D eigenvalue weighted by Gasteiger charge is 2.55. The summed E-state index contributed by atoms with van der Waals surface area (Å²) in [7, 11) is 0. The molecule has 1 aliphatic carbocycles. The van der Waals surface area contributed by atoms with Crippen LogP contribution < -0.4 is 10.2 Å². The molecule has 0 bridgehead atoms. The van der Waals surface area contributed by atoms with Crippen LogP contribution >= 0.6 is 11.6 Å². The Bertz CT molecular complexity index is 1590. The molecule has 1 N–H and O–H groups in total. The molecule has 2 atom stereocenters. The topological polar surface area (TPSA) is 89.7 Å². The molecule has 3 aliphatic heterocycles. The Balaban J connectivity index is 1.26. The summed E-state index contributed by atoms with van der Waals surface area (Å²) in [4.78, 5) is 17.0. The number of anilines is 1. The number of hydrogen-bond donors (Lipinski definition) is 1. The molecule has 4 fully saturated rings. The fourth-order valence-corrected chi connectivity index (χ4v) is 8.28. The molecule has 2 unspecified atom stereocenters. The number of amides is 1. The Kier molecular flexibility index (Phi) is 7.84. The van der Waals surface area contributed by atoms with Crippen LogP contribution in [0.5, 0.6) is 0 Å². The van der Waals surface area contributed by atoms with E-state index >= 15 is 0 Å². The van der Waals surface area contributed by atoms with E-state index in [9.17, 15) is 4.79 Å². The van der Waals surface area contributed by atoms with Crippen molar-refractivity contribution in [2.24, 2.45) is 5.41 Å². The van der Waals surface area contributed by atoms with Gasteiger partial charge in [0, 0.05) is 73.0 Å². The predicted octanol–water partition coefficient (Wildman–Crippen LogP) is 6.63. The van der Waals surface area contributed by atoms with Crippen LogP contribution in [0.1, 0.15) is 89.7 Å². The van der Waals surface area contributed by atoms with E-state index in [2.05, 4.69) is 46.4 Å². The number of ether oxygens (including phenoxy) is 2. The number of benzene rings is 1. The molecule has 5 heterocycles. The molecular formula is C34H48ClN7O3. The third-order valence-corrected chi connectivity index (χ3v) is 10.8. The number of carbonyl (C=O) groups is 1. The van der Waals surface area contributed by atoms with E-state index in [4.69, 9.17) is 31.3 Å². The fourth-order valence-electron chi connectivity index (χ4n) is 8.03. The number of carbonyl (C=O) groups excluding carboxylic acids is 1. The third kappa shape index (κ3) is 5.40. The molecule has 7 rings (SSSR count). The van der Waals surface area contributed by atoms with Gasteiger partial charge in [0.15, 0.2) is 12.0 Å². The van der Waals surface area contributed by atoms with Crippen molar-refractivity contribution in [3.8, 4) is 11.1 Å². The van der Waals surface area contributed by atoms with Gasteiger partial charge in [-0.3, -0.25) is 4.68 Å². The highest BCUT2D eigenvalue weighted by molar-refractivity contribution is 6.36. The molecule has 1 saturated carbocycles. The minimum atomic E-state index is -0.482. The second-order valence-electron chi connectivity index (χ2n) is 14.8. The van der Waals surface area contributed by atoms with Crippen molar-refractivity contribution in [2.45, 2.75) is 104 Å². The number of piperazine rings is 1. The normalized spacial score (nSPS) is 23.8. The van der Waals surface area contributed by atoms with E-state index in [0.29, 0.717) is 6.04 Å². The Morgan fingerprint density at radius 1 is 1.18 bits per heavy atom. The van der Waals surface area contributed by atoms with Gasteiger partial charge in [-0.25, -0.2) is 9.48 Å². The van der Waals surface area contributed by atoms with Gasteiger partial charge in [0.05, 0.1) is 22.8 Å². The second-order valence-corrected chi connectivity index (χ2v) is 15.2. The van der Waals surface area contributed by atoms with Crippen molar-refractivity contribution in [3.05, 3.63) is 28.5 Å². The highest BCUT2D eigenvalue weighted by atomic mass is 35.5. The first kappa shape index (κ1) is 30.8. The molecule has 3 saturated heterocycles. The highest BCUT2D eigenvalue weighted by Crippen LogP contribution is 2.56. The number of aryl methyl sites for hydroxylation is 1. The monoisotopic (exact) mass is 637 g/mol. The maximum atomic E-state index is 12.6. The van der Waals surface area contributed by atoms with Gasteiger partial charge in [-0.05, 0) is 84.8 Å². The molecule has 244 valence electrons. The number of nitrogens with zero attached hydrogens (tertiary/aromatic N) is 6. The summed E-state index contributed by atoms with van der Waals surface area (Å²) in [6.07, 6.45) is 7.93. The van der Waals surface area contributed by atoms with Gasteiger partial charge in [0.2, 0.25) is 0 Å². The molecule has 1 aromatic carbocycles. The van der Waals surface area contributed by atoms with Crippen molar-refractivity contribution in [1.82, 2.24) is 29.8 Å². The molecule has 0 radical (unpaired) electrons. The fraction of sp³-hybridized carbons (Fsp3) is 0.676. The Morgan fingerprint density at radius 2 is 1.96 bits per heavy atom. The van der Waals surface area contributed by atoms with Crippen molar-refractivity contribution in [2.75, 3.05) is 44.2 Å². The lowest BCUT2D eigenvalue weighted by molar-refractivity contribution is -0.0930. The van der Waals surface area contributed by atoms with Crippen LogP contribution in [0.15, 0.2) is 12.3 Å². The minimum Gasteiger partial charge on any atom is -0.444 e. The number of halogens is 1. The number of nitrogens with one attached hydrogen (secondary N) is 1. The average Bonchev–Trinajstić information content (AvgIpc) is 3.53. The molecule has 10 nitrogen and oxygen atoms in total. The first-order chi connectivity index (χ1) is 21.5. The maximum absolute atomic E-state index is 12.6. The summed E-state index contributed by atoms with van der Waals surface area (Å²) < 4.78 is 16.1. The SMILES string of the molecule is CCC1CNCCN1c1nn(C2CC3(C2)CN(C(=O)OC(C)(C)C)C3)c(C)c1-c1c(Cl)c(C)cc2c1cnn2C1CCCCO1. The zero-order valence-corrected chi connectivity index (χ0v) is 28.4. The van der Waals surface area contributed by atoms with Crippen LogP contribution in [-0.2, 0) is 9.47 Å². The minimum absolute atomic E-state index is 0.0560. The first-order valence-electron chi connectivity index (χ1n) is 16.8. The van der Waals surface area contributed by atoms with Crippen molar-refractivity contribution >= 4 is 34.4 Å². The third-order valence-electron chi connectivity index (χ3n) is 10.3. The summed E-state index contributed by atoms with van der Waals surface area (Å²) >= 11 is 7.27. The Morgan fingerprint density at radius 3 is 2.64 bits per heavy atom. The largest absolute Gasteiger partial charge is 0.444 e. The number of rotatable bonds is 5. The number of likely N-dealkylation sites (tertiary alicyclic amines) is 1. The van der Waals surface area contributed by atoms with E-state index < -0.39 is 5.60 Å². The van der Waals surface area contributed by atoms with Crippen LogP contribution in [0.4, 0.5) is 10.6 Å². The van der Waals surface area contributed by atoms with Crippen LogP contribution in [0.3, 0.4) is 0 Å². The summed E-state index contributed by atoms with van der Waals surface area (Å²) in [5, 5.41) is 15.7. The Hall–Kier alpha value is -2.82. The summed E-state index contributed by atoms with van der Waals surface area (Å²) in [5.74, 6) is 1.02. The number of hydrogen-bond acceptors (Lipinski definition) is 7. The smallest absolute Gasteiger partial charge is 0.410 e. The van der Waals surface area contributed by atoms with E-state index in [1.54, 1.807) is 0 Å². The molecule has 11 heteroatoms. The zero-order chi connectivity index (χ0) is 31.7. The quantitative estimate of drug-likeness (QED) is 0.336. The summed E-state index contributed by atoms with van der Waals surface area (Å²) in [6.45, 7) is 17.3. The van der Waals surface area contributed by atoms with Crippen molar-refractivity contribution < 1.29 is 14.3 Å². The van der Waals surface area contributed by atoms with Crippen LogP contribution in [0.25, 0.3) is 22.0 Å². The standard InChI is InChI=1S/C34H48ClN7O3/c1-7-23-17-36-11-12-40(23)31-28(29-25-18-37-42(27-10-8-9-13-44-27)26(25)14-21(2)30(29)35)22(3)41(38-31)24-15-34(16-24)19-39(20-34)32(43)45-33(4,5)6/h14,18,23-24,27,36H,7-13,15-17,19-20H2,1-6H3. The van der Waals surface area contributed by atoms with Crippen LogP contribution in [-0.4, -0.2) is 81.5 Å². The number of aromatic nitrogens is 4. The van der Waals surface area contributed by atoms with Gasteiger partial charge in [-0.2, -0.15) is 10.2 Å². The lowest BCUT2D eigenvalue weighted by Gasteiger charge is -2.58. The van der Waals surface area contributed by atoms with Gasteiger partial charge in [0.25, 0.3) is 0 Å². The zero-order valence-electron chi connectivity index (χ0n) is 27.7. The molecule has 45 heavy (non-hydrogen) atoms. The van der Waals surface area contributed by atoms with E-state index in [1.807, 2.05) is 31.9 Å². The lowest BCUT2D eigenvalue weighted by atomic mass is 9.61. The first-order valence-corrected chi connectivity index (χ1v) is 17.2. The van der Waals surface area contributed by atoms with Crippen LogP contribution in [0.2, 0.25) is 5.02 Å². The van der Waals surface area contributed by atoms with Crippen molar-refractivity contribution in [1.29, 1.82) is 0 Å². The van der Waals surface area contributed by atoms with Gasteiger partial charge < -0.3 is 24.6 Å². The van der Waals surface area contributed by atoms with Gasteiger partial charge in [-0.1, -0.05) is 18.5 Å². The average molecular weight is 638 g/mol. The van der Waals surface area contributed by atoms with E-state index in [0.717, 1.165) is 122 Å². The number of fused-ring (bicyclic) bond motifs is 1. The summed E-state index contributed by atoms with van der Waals surface area (Å²) in [6, 6.07) is 2.78. The molecule has 4 aliphatic rings. The van der Waals surface area contributed by atoms with Gasteiger partial charge >= 0.3 is 6.09 Å². The van der Waals surface area contributed by atoms with Gasteiger partial charge in [-0.15, -0.1) is 0 Å². The molecular weight excluding hydrogens is 590 g/mol. The lowest BCUT2D eigenvalue weighted by Crippen LogP contribution is -2.64. The van der Waals surface area contributed by atoms with E-state index in [1.165, 1.54) is 0 Å². The molecule has 1 amide bonds. The molecule has 1 spiro atoms. The Labute approximate surface area is 271 Å². The van der Waals surface area contributed by atoms with E-state index in [-0.39, 0.29) is 23.8 Å². The second kappa shape index (κ2) is 11.5. The predicted molar refractivity (Wildman–Crippen MR) is 177 cm³/mol. The van der Waals surface area contributed by atoms with Crippen molar-refractivity contribution in [3.63, 3.8) is 0 Å².